The zero-order valence-electron chi connectivity index (χ0n) is 16.9. The molecule has 1 atom stereocenters. The number of halogens is 2. The third-order valence-electron chi connectivity index (χ3n) is 3.61. The molecule has 0 aliphatic heterocycles. The molecule has 0 aromatic heterocycles. The number of carbonyl (C=O) groups is 3. The number of esters is 1. The van der Waals surface area contributed by atoms with Crippen molar-refractivity contribution in [2.45, 2.75) is 39.4 Å². The molecule has 0 unspecified atom stereocenters. The fourth-order valence-corrected chi connectivity index (χ4v) is 2.21. The van der Waals surface area contributed by atoms with E-state index in [-0.39, 0.29) is 11.3 Å². The maximum atomic E-state index is 13.2. The van der Waals surface area contributed by atoms with Gasteiger partial charge in [-0.15, -0.1) is 0 Å². The lowest BCUT2D eigenvalue weighted by molar-refractivity contribution is -0.123. The molecule has 0 spiro atoms. The number of benzene rings is 2. The van der Waals surface area contributed by atoms with Gasteiger partial charge in [-0.05, 0) is 64.1 Å². The van der Waals surface area contributed by atoms with Crippen LogP contribution in [-0.4, -0.2) is 29.7 Å². The van der Waals surface area contributed by atoms with E-state index in [1.807, 2.05) is 0 Å². The lowest BCUT2D eigenvalue weighted by atomic mass is 10.2. The highest BCUT2D eigenvalue weighted by Crippen LogP contribution is 2.16. The van der Waals surface area contributed by atoms with Crippen LogP contribution < -0.4 is 10.6 Å². The molecule has 0 radical (unpaired) electrons. The summed E-state index contributed by atoms with van der Waals surface area (Å²) < 4.78 is 36.4. The largest absolute Gasteiger partial charge is 0.449 e. The quantitative estimate of drug-likeness (QED) is 0.695. The summed E-state index contributed by atoms with van der Waals surface area (Å²) >= 11 is 0. The summed E-state index contributed by atoms with van der Waals surface area (Å²) in [7, 11) is 0. The number of ether oxygens (including phenoxy) is 2. The first-order chi connectivity index (χ1) is 13.9. The molecule has 0 aliphatic carbocycles. The lowest BCUT2D eigenvalue weighted by Gasteiger charge is -2.19. The predicted octanol–water partition coefficient (Wildman–Crippen LogP) is 4.50. The monoisotopic (exact) mass is 420 g/mol. The summed E-state index contributed by atoms with van der Waals surface area (Å²) in [4.78, 5) is 36.1. The molecule has 160 valence electrons. The Labute approximate surface area is 172 Å². The van der Waals surface area contributed by atoms with E-state index in [0.29, 0.717) is 5.69 Å². The molecular formula is C21H22F2N2O5. The SMILES string of the molecule is C[C@H](OC(=O)c1ccc(NC(=O)OC(C)(C)C)cc1)C(=O)Nc1ccc(F)c(F)c1. The van der Waals surface area contributed by atoms with Gasteiger partial charge in [0.1, 0.15) is 5.60 Å². The van der Waals surface area contributed by atoms with E-state index in [1.54, 1.807) is 20.8 Å². The minimum Gasteiger partial charge on any atom is -0.449 e. The second kappa shape index (κ2) is 9.34. The normalized spacial score (nSPS) is 11.9. The van der Waals surface area contributed by atoms with Gasteiger partial charge in [0.05, 0.1) is 5.56 Å². The van der Waals surface area contributed by atoms with E-state index in [1.165, 1.54) is 37.3 Å². The summed E-state index contributed by atoms with van der Waals surface area (Å²) in [6.45, 7) is 6.53. The van der Waals surface area contributed by atoms with Crippen molar-refractivity contribution in [1.29, 1.82) is 0 Å². The molecular weight excluding hydrogens is 398 g/mol. The van der Waals surface area contributed by atoms with Crippen molar-refractivity contribution in [3.63, 3.8) is 0 Å². The average Bonchev–Trinajstić information content (AvgIpc) is 2.63. The van der Waals surface area contributed by atoms with E-state index >= 15 is 0 Å². The van der Waals surface area contributed by atoms with Crippen LogP contribution in [0.5, 0.6) is 0 Å². The lowest BCUT2D eigenvalue weighted by Crippen LogP contribution is -2.30. The number of nitrogens with one attached hydrogen (secondary N) is 2. The second-order valence-corrected chi connectivity index (χ2v) is 7.37. The number of carbonyl (C=O) groups excluding carboxylic acids is 3. The number of hydrogen-bond donors (Lipinski definition) is 2. The van der Waals surface area contributed by atoms with E-state index in [9.17, 15) is 23.2 Å². The van der Waals surface area contributed by atoms with Crippen LogP contribution in [-0.2, 0) is 14.3 Å². The van der Waals surface area contributed by atoms with Crippen LogP contribution in [0.25, 0.3) is 0 Å². The first-order valence-electron chi connectivity index (χ1n) is 9.01. The minimum absolute atomic E-state index is 0.0272. The number of rotatable bonds is 5. The Bertz CT molecular complexity index is 939. The van der Waals surface area contributed by atoms with Crippen LogP contribution >= 0.6 is 0 Å². The molecule has 9 heteroatoms. The number of hydrogen-bond acceptors (Lipinski definition) is 5. The maximum absolute atomic E-state index is 13.2. The van der Waals surface area contributed by atoms with Gasteiger partial charge in [0.2, 0.25) is 0 Å². The molecule has 30 heavy (non-hydrogen) atoms. The van der Waals surface area contributed by atoms with Crippen LogP contribution in [0.1, 0.15) is 38.1 Å². The zero-order valence-corrected chi connectivity index (χ0v) is 16.9. The molecule has 2 aromatic rings. The first kappa shape index (κ1) is 22.8. The van der Waals surface area contributed by atoms with Gasteiger partial charge in [-0.1, -0.05) is 0 Å². The van der Waals surface area contributed by atoms with Gasteiger partial charge in [-0.25, -0.2) is 18.4 Å². The van der Waals surface area contributed by atoms with Crippen LogP contribution in [0.2, 0.25) is 0 Å². The van der Waals surface area contributed by atoms with Gasteiger partial charge in [-0.2, -0.15) is 0 Å². The first-order valence-corrected chi connectivity index (χ1v) is 9.01. The summed E-state index contributed by atoms with van der Waals surface area (Å²) in [5.74, 6) is -3.64. The molecule has 0 saturated carbocycles. The van der Waals surface area contributed by atoms with E-state index in [0.717, 1.165) is 12.1 Å². The summed E-state index contributed by atoms with van der Waals surface area (Å²) in [5.41, 5.74) is -0.0639. The summed E-state index contributed by atoms with van der Waals surface area (Å²) in [5, 5.41) is 4.86. The smallest absolute Gasteiger partial charge is 0.412 e. The van der Waals surface area contributed by atoms with Crippen molar-refractivity contribution in [3.05, 3.63) is 59.7 Å². The van der Waals surface area contributed by atoms with Gasteiger partial charge < -0.3 is 14.8 Å². The highest BCUT2D eigenvalue weighted by Gasteiger charge is 2.20. The highest BCUT2D eigenvalue weighted by atomic mass is 19.2. The van der Waals surface area contributed by atoms with Crippen molar-refractivity contribution in [2.24, 2.45) is 0 Å². The topological polar surface area (TPSA) is 93.7 Å². The molecule has 0 heterocycles. The highest BCUT2D eigenvalue weighted by molar-refractivity contribution is 5.97. The Balaban J connectivity index is 1.92. The predicted molar refractivity (Wildman–Crippen MR) is 106 cm³/mol. The van der Waals surface area contributed by atoms with E-state index < -0.39 is 41.3 Å². The van der Waals surface area contributed by atoms with E-state index in [2.05, 4.69) is 10.6 Å². The van der Waals surface area contributed by atoms with Gasteiger partial charge in [0, 0.05) is 17.4 Å². The Morgan fingerprint density at radius 2 is 1.50 bits per heavy atom. The number of anilines is 2. The molecule has 0 aliphatic rings. The Hall–Kier alpha value is -3.49. The summed E-state index contributed by atoms with van der Waals surface area (Å²) in [6.07, 6.45) is -1.83. The van der Waals surface area contributed by atoms with Crippen LogP contribution in [0.15, 0.2) is 42.5 Å². The van der Waals surface area contributed by atoms with Gasteiger partial charge in [0.15, 0.2) is 17.7 Å². The van der Waals surface area contributed by atoms with Gasteiger partial charge >= 0.3 is 12.1 Å². The van der Waals surface area contributed by atoms with Gasteiger partial charge in [-0.3, -0.25) is 10.1 Å². The Kier molecular flexibility index (Phi) is 7.10. The molecule has 0 fully saturated rings. The summed E-state index contributed by atoms with van der Waals surface area (Å²) in [6, 6.07) is 8.65. The van der Waals surface area contributed by atoms with Crippen molar-refractivity contribution < 1.29 is 32.6 Å². The van der Waals surface area contributed by atoms with E-state index in [4.69, 9.17) is 9.47 Å². The molecule has 2 amide bonds. The molecule has 7 nitrogen and oxygen atoms in total. The molecule has 2 N–H and O–H groups in total. The average molecular weight is 420 g/mol. The molecule has 0 bridgehead atoms. The maximum Gasteiger partial charge on any atom is 0.412 e. The Morgan fingerprint density at radius 3 is 2.07 bits per heavy atom. The molecule has 2 rings (SSSR count). The van der Waals surface area contributed by atoms with Crippen LogP contribution in [0.3, 0.4) is 0 Å². The van der Waals surface area contributed by atoms with Gasteiger partial charge in [0.25, 0.3) is 5.91 Å². The molecule has 0 saturated heterocycles. The Morgan fingerprint density at radius 1 is 0.900 bits per heavy atom. The zero-order chi connectivity index (χ0) is 22.5. The van der Waals surface area contributed by atoms with Crippen molar-refractivity contribution in [2.75, 3.05) is 10.6 Å². The van der Waals surface area contributed by atoms with Crippen molar-refractivity contribution >= 4 is 29.3 Å². The number of amides is 2. The van der Waals surface area contributed by atoms with Crippen LogP contribution in [0, 0.1) is 11.6 Å². The second-order valence-electron chi connectivity index (χ2n) is 7.37. The van der Waals surface area contributed by atoms with Crippen LogP contribution in [0.4, 0.5) is 25.0 Å². The fourth-order valence-electron chi connectivity index (χ4n) is 2.21. The van der Waals surface area contributed by atoms with Crippen molar-refractivity contribution in [1.82, 2.24) is 0 Å². The standard InChI is InChI=1S/C21H22F2N2O5/c1-12(18(26)24-15-9-10-16(22)17(23)11-15)29-19(27)13-5-7-14(8-6-13)25-20(28)30-21(2,3)4/h5-12H,1-4H3,(H,24,26)(H,25,28)/t12-/m0/s1. The fraction of sp³-hybridized carbons (Fsp3) is 0.286. The third kappa shape index (κ3) is 6.84. The third-order valence-corrected chi connectivity index (χ3v) is 3.61. The molecule has 2 aromatic carbocycles. The minimum atomic E-state index is -1.19. The van der Waals surface area contributed by atoms with Crippen molar-refractivity contribution in [3.8, 4) is 0 Å².